The van der Waals surface area contributed by atoms with Crippen molar-refractivity contribution in [3.8, 4) is 0 Å². The molecule has 0 saturated heterocycles. The number of aromatic nitrogens is 2. The van der Waals surface area contributed by atoms with E-state index in [9.17, 15) is 4.79 Å². The maximum Gasteiger partial charge on any atom is 0.257 e. The highest BCUT2D eigenvalue weighted by molar-refractivity contribution is 9.10. The van der Waals surface area contributed by atoms with Crippen molar-refractivity contribution in [2.24, 2.45) is 0 Å². The summed E-state index contributed by atoms with van der Waals surface area (Å²) in [6.07, 6.45) is 5.80. The van der Waals surface area contributed by atoms with Crippen LogP contribution in [0.4, 0.5) is 5.13 Å². The molecule has 0 aliphatic carbocycles. The molecule has 116 valence electrons. The smallest absolute Gasteiger partial charge is 0.257 e. The minimum atomic E-state index is -0.173. The fourth-order valence-corrected chi connectivity index (χ4v) is 3.23. The molecule has 0 aliphatic rings. The van der Waals surface area contributed by atoms with Gasteiger partial charge in [-0.25, -0.2) is 4.98 Å². The van der Waals surface area contributed by atoms with Gasteiger partial charge in [-0.15, -0.1) is 11.3 Å². The van der Waals surface area contributed by atoms with Crippen LogP contribution in [0.3, 0.4) is 0 Å². The zero-order chi connectivity index (χ0) is 16.2. The third-order valence-electron chi connectivity index (χ3n) is 3.32. The zero-order valence-corrected chi connectivity index (χ0v) is 14.8. The number of thiazole rings is 1. The van der Waals surface area contributed by atoms with Crippen LogP contribution >= 0.6 is 27.3 Å². The first-order chi connectivity index (χ1) is 11.1. The Hall–Kier alpha value is -2.05. The Bertz CT molecular complexity index is 833. The van der Waals surface area contributed by atoms with Crippen molar-refractivity contribution in [2.45, 2.75) is 13.3 Å². The Morgan fingerprint density at radius 3 is 2.78 bits per heavy atom. The molecule has 0 fully saturated rings. The van der Waals surface area contributed by atoms with Crippen LogP contribution < -0.4 is 5.32 Å². The lowest BCUT2D eigenvalue weighted by molar-refractivity contribution is 0.102. The highest BCUT2D eigenvalue weighted by Crippen LogP contribution is 2.24. The summed E-state index contributed by atoms with van der Waals surface area (Å²) < 4.78 is 1.11. The topological polar surface area (TPSA) is 54.9 Å². The first kappa shape index (κ1) is 15.8. The first-order valence-electron chi connectivity index (χ1n) is 7.03. The maximum atomic E-state index is 12.1. The molecule has 1 N–H and O–H groups in total. The fourth-order valence-electron chi connectivity index (χ4n) is 2.14. The first-order valence-corrected chi connectivity index (χ1v) is 8.64. The number of pyridine rings is 1. The zero-order valence-electron chi connectivity index (χ0n) is 12.4. The van der Waals surface area contributed by atoms with E-state index < -0.39 is 0 Å². The number of rotatable bonds is 4. The third-order valence-corrected chi connectivity index (χ3v) is 5.12. The minimum Gasteiger partial charge on any atom is -0.298 e. The van der Waals surface area contributed by atoms with E-state index in [1.807, 2.05) is 6.20 Å². The summed E-state index contributed by atoms with van der Waals surface area (Å²) >= 11 is 5.00. The monoisotopic (exact) mass is 387 g/mol. The second kappa shape index (κ2) is 7.02. The predicted molar refractivity (Wildman–Crippen MR) is 96.0 cm³/mol. The number of carbonyl (C=O) groups excluding carboxylic acids is 1. The van der Waals surface area contributed by atoms with Gasteiger partial charge in [0.1, 0.15) is 0 Å². The molecule has 2 heterocycles. The average Bonchev–Trinajstić information content (AvgIpc) is 2.99. The van der Waals surface area contributed by atoms with Crippen LogP contribution in [0.15, 0.2) is 53.4 Å². The number of amides is 1. The lowest BCUT2D eigenvalue weighted by atomic mass is 10.1. The van der Waals surface area contributed by atoms with Gasteiger partial charge < -0.3 is 0 Å². The lowest BCUT2D eigenvalue weighted by Crippen LogP contribution is -2.11. The lowest BCUT2D eigenvalue weighted by Gasteiger charge is -2.02. The van der Waals surface area contributed by atoms with E-state index in [0.717, 1.165) is 15.8 Å². The molecule has 0 radical (unpaired) electrons. The van der Waals surface area contributed by atoms with Gasteiger partial charge in [0.2, 0.25) is 0 Å². The van der Waals surface area contributed by atoms with Gasteiger partial charge in [0.05, 0.1) is 0 Å². The Labute approximate surface area is 146 Å². The Balaban J connectivity index is 1.68. The second-order valence-corrected chi connectivity index (χ2v) is 7.05. The van der Waals surface area contributed by atoms with Crippen LogP contribution in [0.5, 0.6) is 0 Å². The van der Waals surface area contributed by atoms with Crippen molar-refractivity contribution >= 4 is 38.3 Å². The van der Waals surface area contributed by atoms with E-state index in [1.54, 1.807) is 24.5 Å². The third kappa shape index (κ3) is 4.03. The molecule has 23 heavy (non-hydrogen) atoms. The van der Waals surface area contributed by atoms with Crippen LogP contribution in [-0.2, 0) is 6.42 Å². The van der Waals surface area contributed by atoms with Crippen LogP contribution in [0.1, 0.15) is 26.4 Å². The van der Waals surface area contributed by atoms with E-state index in [4.69, 9.17) is 0 Å². The standard InChI is InChI=1S/C17H14BrN3OS/c1-11-8-12(2-3-15(11)18)9-14-10-20-17(23-14)21-16(22)13-4-6-19-7-5-13/h2-8,10H,9H2,1H3,(H,20,21,22). The normalized spacial score (nSPS) is 10.5. The molecule has 0 aliphatic heterocycles. The fraction of sp³-hybridized carbons (Fsp3) is 0.118. The molecule has 1 aromatic carbocycles. The molecule has 0 atom stereocenters. The molecule has 3 rings (SSSR count). The minimum absolute atomic E-state index is 0.173. The molecule has 1 amide bonds. The summed E-state index contributed by atoms with van der Waals surface area (Å²) in [4.78, 5) is 21.4. The number of carbonyl (C=O) groups is 1. The summed E-state index contributed by atoms with van der Waals surface area (Å²) in [6, 6.07) is 9.64. The Morgan fingerprint density at radius 2 is 2.04 bits per heavy atom. The van der Waals surface area contributed by atoms with Gasteiger partial charge in [-0.2, -0.15) is 0 Å². The van der Waals surface area contributed by atoms with Crippen LogP contribution in [0, 0.1) is 6.92 Å². The van der Waals surface area contributed by atoms with Crippen molar-refractivity contribution in [2.75, 3.05) is 5.32 Å². The van der Waals surface area contributed by atoms with Crippen molar-refractivity contribution < 1.29 is 4.79 Å². The predicted octanol–water partition coefficient (Wildman–Crippen LogP) is 4.45. The SMILES string of the molecule is Cc1cc(Cc2cnc(NC(=O)c3ccncc3)s2)ccc1Br. The molecule has 0 unspecified atom stereocenters. The molecular formula is C17H14BrN3OS. The summed E-state index contributed by atoms with van der Waals surface area (Å²) in [5.41, 5.74) is 3.00. The summed E-state index contributed by atoms with van der Waals surface area (Å²) in [6.45, 7) is 2.07. The molecule has 4 nitrogen and oxygen atoms in total. The molecule has 2 aromatic heterocycles. The molecule has 0 saturated carbocycles. The van der Waals surface area contributed by atoms with Gasteiger partial charge in [0.15, 0.2) is 5.13 Å². The average molecular weight is 388 g/mol. The number of anilines is 1. The molecule has 0 bridgehead atoms. The number of nitrogens with zero attached hydrogens (tertiary/aromatic N) is 2. The van der Waals surface area contributed by atoms with Gasteiger partial charge in [-0.05, 0) is 36.2 Å². The molecule has 3 aromatic rings. The van der Waals surface area contributed by atoms with E-state index in [2.05, 4.69) is 56.3 Å². The number of nitrogens with one attached hydrogen (secondary N) is 1. The number of aryl methyl sites for hydroxylation is 1. The van der Waals surface area contributed by atoms with Crippen LogP contribution in [0.25, 0.3) is 0 Å². The summed E-state index contributed by atoms with van der Waals surface area (Å²) in [5, 5.41) is 3.43. The van der Waals surface area contributed by atoms with Gasteiger partial charge in [-0.3, -0.25) is 15.1 Å². The summed E-state index contributed by atoms with van der Waals surface area (Å²) in [5.74, 6) is -0.173. The van der Waals surface area contributed by atoms with E-state index >= 15 is 0 Å². The summed E-state index contributed by atoms with van der Waals surface area (Å²) in [7, 11) is 0. The van der Waals surface area contributed by atoms with Gasteiger partial charge in [-0.1, -0.05) is 28.1 Å². The molecule has 6 heteroatoms. The highest BCUT2D eigenvalue weighted by atomic mass is 79.9. The maximum absolute atomic E-state index is 12.1. The van der Waals surface area contributed by atoms with Crippen molar-refractivity contribution in [3.05, 3.63) is 75.0 Å². The second-order valence-electron chi connectivity index (χ2n) is 5.08. The van der Waals surface area contributed by atoms with Crippen molar-refractivity contribution in [1.82, 2.24) is 9.97 Å². The highest BCUT2D eigenvalue weighted by Gasteiger charge is 2.09. The number of hydrogen-bond donors (Lipinski definition) is 1. The molecular weight excluding hydrogens is 374 g/mol. The largest absolute Gasteiger partial charge is 0.298 e. The van der Waals surface area contributed by atoms with Crippen molar-refractivity contribution in [1.29, 1.82) is 0 Å². The van der Waals surface area contributed by atoms with Gasteiger partial charge in [0.25, 0.3) is 5.91 Å². The van der Waals surface area contributed by atoms with Crippen molar-refractivity contribution in [3.63, 3.8) is 0 Å². The van der Waals surface area contributed by atoms with Crippen LogP contribution in [-0.4, -0.2) is 15.9 Å². The Kier molecular flexibility index (Phi) is 4.83. The Morgan fingerprint density at radius 1 is 1.26 bits per heavy atom. The van der Waals surface area contributed by atoms with E-state index in [1.165, 1.54) is 22.5 Å². The van der Waals surface area contributed by atoms with E-state index in [0.29, 0.717) is 10.7 Å². The number of benzene rings is 1. The number of halogens is 1. The van der Waals surface area contributed by atoms with Crippen LogP contribution in [0.2, 0.25) is 0 Å². The number of hydrogen-bond acceptors (Lipinski definition) is 4. The van der Waals surface area contributed by atoms with Gasteiger partial charge in [0, 0.05) is 39.9 Å². The van der Waals surface area contributed by atoms with Gasteiger partial charge >= 0.3 is 0 Å². The van der Waals surface area contributed by atoms with E-state index in [-0.39, 0.29) is 5.91 Å². The quantitative estimate of drug-likeness (QED) is 0.719. The molecule has 0 spiro atoms.